The lowest BCUT2D eigenvalue weighted by Crippen LogP contribution is -2.32. The number of nitrogens with zero attached hydrogens (tertiary/aromatic N) is 4. The van der Waals surface area contributed by atoms with Gasteiger partial charge in [0.05, 0.1) is 5.69 Å². The highest BCUT2D eigenvalue weighted by Gasteiger charge is 2.06. The van der Waals surface area contributed by atoms with Gasteiger partial charge >= 0.3 is 5.69 Å². The van der Waals surface area contributed by atoms with Gasteiger partial charge in [0.15, 0.2) is 0 Å². The third-order valence-electron chi connectivity index (χ3n) is 2.38. The molecular weight excluding hydrogens is 218 g/mol. The van der Waals surface area contributed by atoms with Gasteiger partial charge in [0, 0.05) is 7.05 Å². The number of nitrogens with two attached hydrogens (primary N) is 1. The zero-order chi connectivity index (χ0) is 12.4. The van der Waals surface area contributed by atoms with Gasteiger partial charge in [-0.3, -0.25) is 9.58 Å². The van der Waals surface area contributed by atoms with Gasteiger partial charge in [0.1, 0.15) is 6.33 Å². The fourth-order valence-electron chi connectivity index (χ4n) is 1.50. The normalized spacial score (nSPS) is 10.3. The number of hydrogen-bond acceptors (Lipinski definition) is 5. The van der Waals surface area contributed by atoms with Gasteiger partial charge < -0.3 is 0 Å². The average molecular weight is 231 g/mol. The second-order valence-corrected chi connectivity index (χ2v) is 3.71. The van der Waals surface area contributed by atoms with Gasteiger partial charge in [-0.05, 0) is 18.6 Å². The summed E-state index contributed by atoms with van der Waals surface area (Å²) in [5, 5.41) is 1.20. The molecule has 1 aromatic carbocycles. The number of benzene rings is 1. The number of para-hydroxylation sites is 1. The third kappa shape index (κ3) is 2.16. The van der Waals surface area contributed by atoms with E-state index in [2.05, 4.69) is 9.97 Å². The van der Waals surface area contributed by atoms with E-state index < -0.39 is 5.69 Å². The summed E-state index contributed by atoms with van der Waals surface area (Å²) in [6.45, 7) is 1.92. The molecule has 17 heavy (non-hydrogen) atoms. The van der Waals surface area contributed by atoms with E-state index in [1.807, 2.05) is 31.2 Å². The summed E-state index contributed by atoms with van der Waals surface area (Å²) in [6.07, 6.45) is 1.43. The summed E-state index contributed by atoms with van der Waals surface area (Å²) in [4.78, 5) is 19.6. The minimum absolute atomic E-state index is 0.194. The number of aromatic nitrogens is 3. The molecule has 0 aliphatic rings. The standard InChI is InChI=1S/C11H13N5O/c1-8-5-3-4-6-9(8)16-7-13-10(15(2)12)14-11(16)17/h3-7H,12H2,1-2H3. The number of hydrazine groups is 1. The second kappa shape index (κ2) is 4.34. The quantitative estimate of drug-likeness (QED) is 0.592. The zero-order valence-corrected chi connectivity index (χ0v) is 9.66. The Morgan fingerprint density at radius 2 is 2.06 bits per heavy atom. The predicted molar refractivity (Wildman–Crippen MR) is 65.0 cm³/mol. The van der Waals surface area contributed by atoms with Gasteiger partial charge in [0.25, 0.3) is 0 Å². The lowest BCUT2D eigenvalue weighted by molar-refractivity contribution is 0.815. The maximum atomic E-state index is 11.8. The molecule has 6 nitrogen and oxygen atoms in total. The van der Waals surface area contributed by atoms with Crippen LogP contribution in [0.1, 0.15) is 5.56 Å². The van der Waals surface area contributed by atoms with E-state index in [0.29, 0.717) is 0 Å². The maximum absolute atomic E-state index is 11.8. The fraction of sp³-hybridized carbons (Fsp3) is 0.182. The van der Waals surface area contributed by atoms with Crippen molar-refractivity contribution in [3.05, 3.63) is 46.6 Å². The molecular formula is C11H13N5O. The Kier molecular flexibility index (Phi) is 2.88. The molecule has 0 amide bonds. The average Bonchev–Trinajstić information content (AvgIpc) is 2.30. The van der Waals surface area contributed by atoms with Crippen molar-refractivity contribution in [3.8, 4) is 5.69 Å². The van der Waals surface area contributed by atoms with Gasteiger partial charge in [0.2, 0.25) is 5.95 Å². The number of anilines is 1. The molecule has 1 aromatic heterocycles. The topological polar surface area (TPSA) is 77.0 Å². The van der Waals surface area contributed by atoms with Crippen molar-refractivity contribution >= 4 is 5.95 Å². The number of rotatable bonds is 2. The van der Waals surface area contributed by atoms with Crippen LogP contribution in [0.2, 0.25) is 0 Å². The molecule has 0 aliphatic heterocycles. The Morgan fingerprint density at radius 1 is 1.35 bits per heavy atom. The molecule has 6 heteroatoms. The van der Waals surface area contributed by atoms with Crippen molar-refractivity contribution in [2.75, 3.05) is 12.1 Å². The van der Waals surface area contributed by atoms with Crippen LogP contribution in [0.4, 0.5) is 5.95 Å². The van der Waals surface area contributed by atoms with Crippen LogP contribution in [-0.2, 0) is 0 Å². The number of hydrogen-bond donors (Lipinski definition) is 1. The molecule has 2 aromatic rings. The first kappa shape index (κ1) is 11.3. The van der Waals surface area contributed by atoms with Crippen LogP contribution in [0.25, 0.3) is 5.69 Å². The Hall–Kier alpha value is -2.21. The molecule has 0 spiro atoms. The van der Waals surface area contributed by atoms with Crippen LogP contribution in [-0.4, -0.2) is 21.6 Å². The minimum Gasteiger partial charge on any atom is -0.282 e. The summed E-state index contributed by atoms with van der Waals surface area (Å²) in [5.74, 6) is 5.66. The molecule has 2 rings (SSSR count). The first-order valence-corrected chi connectivity index (χ1v) is 5.09. The van der Waals surface area contributed by atoms with Crippen LogP contribution in [0.5, 0.6) is 0 Å². The molecule has 0 saturated carbocycles. The summed E-state index contributed by atoms with van der Waals surface area (Å²) in [6, 6.07) is 7.53. The summed E-state index contributed by atoms with van der Waals surface area (Å²) in [5.41, 5.74) is 1.34. The van der Waals surface area contributed by atoms with Crippen molar-refractivity contribution in [1.82, 2.24) is 14.5 Å². The van der Waals surface area contributed by atoms with E-state index in [-0.39, 0.29) is 5.95 Å². The van der Waals surface area contributed by atoms with Crippen LogP contribution in [0.3, 0.4) is 0 Å². The van der Waals surface area contributed by atoms with Crippen LogP contribution in [0, 0.1) is 6.92 Å². The molecule has 0 fully saturated rings. The van der Waals surface area contributed by atoms with Crippen LogP contribution < -0.4 is 16.5 Å². The Morgan fingerprint density at radius 3 is 2.65 bits per heavy atom. The lowest BCUT2D eigenvalue weighted by atomic mass is 10.2. The smallest absolute Gasteiger partial charge is 0.282 e. The monoisotopic (exact) mass is 231 g/mol. The van der Waals surface area contributed by atoms with Crippen LogP contribution >= 0.6 is 0 Å². The van der Waals surface area contributed by atoms with E-state index >= 15 is 0 Å². The van der Waals surface area contributed by atoms with Crippen LogP contribution in [0.15, 0.2) is 35.4 Å². The summed E-state index contributed by atoms with van der Waals surface area (Å²) >= 11 is 0. The van der Waals surface area contributed by atoms with E-state index in [0.717, 1.165) is 11.3 Å². The van der Waals surface area contributed by atoms with E-state index in [1.165, 1.54) is 15.9 Å². The number of aryl methyl sites for hydroxylation is 1. The summed E-state index contributed by atoms with van der Waals surface area (Å²) < 4.78 is 1.39. The van der Waals surface area contributed by atoms with Crippen molar-refractivity contribution < 1.29 is 0 Å². The predicted octanol–water partition coefficient (Wildman–Crippen LogP) is 0.246. The highest BCUT2D eigenvalue weighted by atomic mass is 16.1. The van der Waals surface area contributed by atoms with Gasteiger partial charge in [-0.2, -0.15) is 4.98 Å². The highest BCUT2D eigenvalue weighted by molar-refractivity contribution is 5.39. The highest BCUT2D eigenvalue weighted by Crippen LogP contribution is 2.10. The molecule has 1 heterocycles. The van der Waals surface area contributed by atoms with Gasteiger partial charge in [-0.25, -0.2) is 15.6 Å². The van der Waals surface area contributed by atoms with Gasteiger partial charge in [-0.1, -0.05) is 18.2 Å². The van der Waals surface area contributed by atoms with E-state index in [1.54, 1.807) is 7.05 Å². The van der Waals surface area contributed by atoms with E-state index in [4.69, 9.17) is 5.84 Å². The Balaban J connectivity index is 2.55. The third-order valence-corrected chi connectivity index (χ3v) is 2.38. The van der Waals surface area contributed by atoms with Crippen molar-refractivity contribution in [2.45, 2.75) is 6.92 Å². The van der Waals surface area contributed by atoms with Gasteiger partial charge in [-0.15, -0.1) is 0 Å². The molecule has 0 saturated heterocycles. The molecule has 0 unspecified atom stereocenters. The maximum Gasteiger partial charge on any atom is 0.356 e. The fourth-order valence-corrected chi connectivity index (χ4v) is 1.50. The molecule has 88 valence electrons. The Bertz CT molecular complexity index is 590. The lowest BCUT2D eigenvalue weighted by Gasteiger charge is -2.11. The summed E-state index contributed by atoms with van der Waals surface area (Å²) in [7, 11) is 1.58. The first-order valence-electron chi connectivity index (χ1n) is 5.09. The Labute approximate surface area is 98.3 Å². The van der Waals surface area contributed by atoms with Crippen molar-refractivity contribution in [1.29, 1.82) is 0 Å². The zero-order valence-electron chi connectivity index (χ0n) is 9.66. The van der Waals surface area contributed by atoms with Crippen molar-refractivity contribution in [2.24, 2.45) is 5.84 Å². The second-order valence-electron chi connectivity index (χ2n) is 3.71. The SMILES string of the molecule is Cc1ccccc1-n1cnc(N(C)N)nc1=O. The largest absolute Gasteiger partial charge is 0.356 e. The molecule has 2 N–H and O–H groups in total. The molecule has 0 radical (unpaired) electrons. The van der Waals surface area contributed by atoms with Crippen molar-refractivity contribution in [3.63, 3.8) is 0 Å². The molecule has 0 atom stereocenters. The van der Waals surface area contributed by atoms with E-state index in [9.17, 15) is 4.79 Å². The minimum atomic E-state index is -0.401. The molecule has 0 bridgehead atoms. The molecule has 0 aliphatic carbocycles. The first-order chi connectivity index (χ1) is 8.09.